The van der Waals surface area contributed by atoms with Crippen LogP contribution in [0.3, 0.4) is 0 Å². The molecule has 0 aliphatic carbocycles. The van der Waals surface area contributed by atoms with Gasteiger partial charge in [0.15, 0.2) is 0 Å². The van der Waals surface area contributed by atoms with E-state index in [2.05, 4.69) is 5.73 Å². The zero-order valence-corrected chi connectivity index (χ0v) is 6.06. The zero-order valence-electron chi connectivity index (χ0n) is 6.06. The number of alkyl halides is 3. The summed E-state index contributed by atoms with van der Waals surface area (Å²) in [7, 11) is 0. The van der Waals surface area contributed by atoms with E-state index in [-0.39, 0.29) is 0 Å². The van der Waals surface area contributed by atoms with Crippen LogP contribution in [0, 0.1) is 0 Å². The first-order valence-electron chi connectivity index (χ1n) is 3.08. The minimum absolute atomic E-state index is 0.491. The van der Waals surface area contributed by atoms with Crippen molar-refractivity contribution in [3.05, 3.63) is 0 Å². The molecule has 0 aliphatic heterocycles. The molecule has 0 spiro atoms. The predicted octanol–water partition coefficient (Wildman–Crippen LogP) is -1.02. The molecule has 0 saturated carbocycles. The fourth-order valence-corrected chi connectivity index (χ4v) is 0.451. The largest absolute Gasteiger partial charge is 0.401 e. The van der Waals surface area contributed by atoms with Crippen LogP contribution in [0.4, 0.5) is 13.2 Å². The lowest BCUT2D eigenvalue weighted by molar-refractivity contribution is -0.131. The van der Waals surface area contributed by atoms with Gasteiger partial charge in [-0.2, -0.15) is 13.2 Å². The number of halogens is 3. The molecular weight excluding hydrogens is 177 g/mol. The first-order valence-corrected chi connectivity index (χ1v) is 3.08. The highest BCUT2D eigenvalue weighted by atomic mass is 19.4. The van der Waals surface area contributed by atoms with Crippen LogP contribution in [0.2, 0.25) is 0 Å². The second-order valence-corrected chi connectivity index (χ2v) is 2.16. The zero-order chi connectivity index (χ0) is 9.78. The van der Waals surface area contributed by atoms with E-state index in [1.54, 1.807) is 0 Å². The van der Waals surface area contributed by atoms with Crippen LogP contribution in [0.15, 0.2) is 0 Å². The van der Waals surface area contributed by atoms with Crippen molar-refractivity contribution in [3.63, 3.8) is 0 Å². The van der Waals surface area contributed by atoms with Crippen LogP contribution in [0.25, 0.3) is 0 Å². The number of hydrogen-bond acceptors (Lipinski definition) is 3. The summed E-state index contributed by atoms with van der Waals surface area (Å²) < 4.78 is 34.3. The van der Waals surface area contributed by atoms with Crippen molar-refractivity contribution in [2.24, 2.45) is 5.73 Å². The Balaban J connectivity index is 3.51. The molecule has 0 rings (SSSR count). The molecule has 1 atom stereocenters. The second-order valence-electron chi connectivity index (χ2n) is 2.16. The van der Waals surface area contributed by atoms with Gasteiger partial charge in [0.2, 0.25) is 5.91 Å². The van der Waals surface area contributed by atoms with Gasteiger partial charge in [-0.15, -0.1) is 0 Å². The number of hydrogen-bond donors (Lipinski definition) is 3. The summed E-state index contributed by atoms with van der Waals surface area (Å²) in [6, 6.07) is 0. The maximum atomic E-state index is 11.4. The molecule has 4 nitrogen and oxygen atoms in total. The summed E-state index contributed by atoms with van der Waals surface area (Å²) in [5.41, 5.74) is 4.58. The molecule has 4 N–H and O–H groups in total. The van der Waals surface area contributed by atoms with Crippen molar-refractivity contribution >= 4 is 5.91 Å². The average molecular weight is 186 g/mol. The summed E-state index contributed by atoms with van der Waals surface area (Å²) in [6.07, 6.45) is -5.93. The van der Waals surface area contributed by atoms with Gasteiger partial charge in [0, 0.05) is 6.54 Å². The molecule has 1 amide bonds. The van der Waals surface area contributed by atoms with Crippen molar-refractivity contribution in [3.8, 4) is 0 Å². The third-order valence-electron chi connectivity index (χ3n) is 0.992. The molecule has 0 aromatic carbocycles. The Morgan fingerprint density at radius 1 is 1.58 bits per heavy atom. The second kappa shape index (κ2) is 4.27. The SMILES string of the molecule is NC(=O)C(O)CNCC(F)(F)F. The maximum Gasteiger partial charge on any atom is 0.401 e. The van der Waals surface area contributed by atoms with Crippen LogP contribution in [-0.2, 0) is 4.79 Å². The number of carbonyl (C=O) groups is 1. The molecule has 0 aliphatic rings. The number of aliphatic hydroxyl groups excluding tert-OH is 1. The molecule has 7 heteroatoms. The normalized spacial score (nSPS) is 14.3. The molecule has 0 saturated heterocycles. The molecule has 0 radical (unpaired) electrons. The first kappa shape index (κ1) is 11.2. The molecule has 72 valence electrons. The summed E-state index contributed by atoms with van der Waals surface area (Å²) in [5, 5.41) is 10.4. The van der Waals surface area contributed by atoms with Gasteiger partial charge >= 0.3 is 6.18 Å². The van der Waals surface area contributed by atoms with Gasteiger partial charge in [0.1, 0.15) is 6.10 Å². The molecule has 1 unspecified atom stereocenters. The molecule has 0 fully saturated rings. The monoisotopic (exact) mass is 186 g/mol. The lowest BCUT2D eigenvalue weighted by Gasteiger charge is -2.09. The minimum atomic E-state index is -4.35. The third-order valence-corrected chi connectivity index (χ3v) is 0.992. The summed E-state index contributed by atoms with van der Waals surface area (Å²) in [6.45, 7) is -1.74. The van der Waals surface area contributed by atoms with Crippen LogP contribution < -0.4 is 11.1 Å². The highest BCUT2D eigenvalue weighted by molar-refractivity contribution is 5.78. The molecule has 12 heavy (non-hydrogen) atoms. The number of rotatable bonds is 4. The molecule has 0 heterocycles. The van der Waals surface area contributed by atoms with Crippen molar-refractivity contribution in [2.45, 2.75) is 12.3 Å². The van der Waals surface area contributed by atoms with Crippen LogP contribution in [0.1, 0.15) is 0 Å². The maximum absolute atomic E-state index is 11.4. The van der Waals surface area contributed by atoms with E-state index in [1.165, 1.54) is 0 Å². The Labute approximate surface area is 66.5 Å². The van der Waals surface area contributed by atoms with E-state index in [0.29, 0.717) is 0 Å². The number of carbonyl (C=O) groups excluding carboxylic acids is 1. The first-order chi connectivity index (χ1) is 5.33. The Kier molecular flexibility index (Phi) is 3.98. The number of nitrogens with one attached hydrogen (secondary N) is 1. The van der Waals surface area contributed by atoms with Crippen LogP contribution in [0.5, 0.6) is 0 Å². The Bertz CT molecular complexity index is 159. The van der Waals surface area contributed by atoms with Gasteiger partial charge in [-0.1, -0.05) is 0 Å². The Morgan fingerprint density at radius 2 is 2.08 bits per heavy atom. The lowest BCUT2D eigenvalue weighted by Crippen LogP contribution is -2.40. The average Bonchev–Trinajstić information content (AvgIpc) is 1.84. The van der Waals surface area contributed by atoms with Crippen molar-refractivity contribution in [2.75, 3.05) is 13.1 Å². The van der Waals surface area contributed by atoms with E-state index < -0.39 is 31.3 Å². The van der Waals surface area contributed by atoms with Gasteiger partial charge < -0.3 is 16.2 Å². The van der Waals surface area contributed by atoms with E-state index in [4.69, 9.17) is 5.11 Å². The highest BCUT2D eigenvalue weighted by Crippen LogP contribution is 2.11. The van der Waals surface area contributed by atoms with E-state index >= 15 is 0 Å². The van der Waals surface area contributed by atoms with E-state index in [1.807, 2.05) is 5.32 Å². The molecule has 0 aromatic rings. The van der Waals surface area contributed by atoms with Gasteiger partial charge in [0.25, 0.3) is 0 Å². The fourth-order valence-electron chi connectivity index (χ4n) is 0.451. The quantitative estimate of drug-likeness (QED) is 0.526. The predicted molar refractivity (Wildman–Crippen MR) is 34.1 cm³/mol. The number of nitrogens with two attached hydrogens (primary N) is 1. The van der Waals surface area contributed by atoms with Gasteiger partial charge in [0.05, 0.1) is 6.54 Å². The standard InChI is InChI=1S/C5H9F3N2O2/c6-5(7,8)2-10-1-3(11)4(9)12/h3,10-11H,1-2H2,(H2,9,12). The van der Waals surface area contributed by atoms with Gasteiger partial charge in [-0.3, -0.25) is 4.79 Å². The third kappa shape index (κ3) is 5.93. The lowest BCUT2D eigenvalue weighted by atomic mass is 10.3. The topological polar surface area (TPSA) is 75.4 Å². The minimum Gasteiger partial charge on any atom is -0.382 e. The molecule has 0 bridgehead atoms. The summed E-state index contributed by atoms with van der Waals surface area (Å²) in [4.78, 5) is 10.1. The number of primary amides is 1. The van der Waals surface area contributed by atoms with Crippen LogP contribution >= 0.6 is 0 Å². The molecular formula is C5H9F3N2O2. The Morgan fingerprint density at radius 3 is 2.42 bits per heavy atom. The highest BCUT2D eigenvalue weighted by Gasteiger charge is 2.26. The smallest absolute Gasteiger partial charge is 0.382 e. The van der Waals surface area contributed by atoms with Crippen molar-refractivity contribution in [1.82, 2.24) is 5.32 Å². The van der Waals surface area contributed by atoms with Crippen LogP contribution in [-0.4, -0.2) is 36.4 Å². The fraction of sp³-hybridized carbons (Fsp3) is 0.800. The van der Waals surface area contributed by atoms with Gasteiger partial charge in [-0.05, 0) is 0 Å². The van der Waals surface area contributed by atoms with E-state index in [0.717, 1.165) is 0 Å². The van der Waals surface area contributed by atoms with Crippen molar-refractivity contribution < 1.29 is 23.1 Å². The summed E-state index contributed by atoms with van der Waals surface area (Å²) >= 11 is 0. The number of aliphatic hydroxyl groups is 1. The Hall–Kier alpha value is -0.820. The van der Waals surface area contributed by atoms with Gasteiger partial charge in [-0.25, -0.2) is 0 Å². The summed E-state index contributed by atoms with van der Waals surface area (Å²) in [5.74, 6) is -1.05. The molecule has 0 aromatic heterocycles. The number of amides is 1. The van der Waals surface area contributed by atoms with E-state index in [9.17, 15) is 18.0 Å². The van der Waals surface area contributed by atoms with Crippen molar-refractivity contribution in [1.29, 1.82) is 0 Å².